The number of amides is 4. The fourth-order valence-corrected chi connectivity index (χ4v) is 4.94. The molecule has 0 unspecified atom stereocenters. The summed E-state index contributed by atoms with van der Waals surface area (Å²) >= 11 is 0. The molecule has 0 aliphatic carbocycles. The summed E-state index contributed by atoms with van der Waals surface area (Å²) in [6, 6.07) is 18.1. The van der Waals surface area contributed by atoms with Gasteiger partial charge in [-0.25, -0.2) is 14.8 Å². The van der Waals surface area contributed by atoms with Crippen LogP contribution in [0.5, 0.6) is 0 Å². The van der Waals surface area contributed by atoms with E-state index in [1.54, 1.807) is 22.0 Å². The van der Waals surface area contributed by atoms with E-state index in [9.17, 15) is 14.4 Å². The van der Waals surface area contributed by atoms with Gasteiger partial charge in [-0.15, -0.1) is 0 Å². The molecule has 35 heavy (non-hydrogen) atoms. The first-order valence-corrected chi connectivity index (χ1v) is 12.5. The molecule has 1 N–H and O–H groups in total. The number of unbranched alkanes of at least 4 members (excludes halogenated alkanes) is 3. The van der Waals surface area contributed by atoms with E-state index in [2.05, 4.69) is 12.2 Å². The number of rotatable bonds is 8. The fourth-order valence-electron chi connectivity index (χ4n) is 4.94. The average Bonchev–Trinajstić information content (AvgIpc) is 2.87. The third-order valence-electron chi connectivity index (χ3n) is 6.72. The third kappa shape index (κ3) is 5.48. The van der Waals surface area contributed by atoms with E-state index in [4.69, 9.17) is 0 Å². The van der Waals surface area contributed by atoms with Crippen molar-refractivity contribution >= 4 is 17.8 Å². The quantitative estimate of drug-likeness (QED) is 0.592. The Hall–Kier alpha value is -3.39. The summed E-state index contributed by atoms with van der Waals surface area (Å²) in [7, 11) is 1.75. The molecular weight excluding hydrogens is 442 g/mol. The molecule has 0 radical (unpaired) electrons. The van der Waals surface area contributed by atoms with Crippen LogP contribution in [0, 0.1) is 0 Å². The highest BCUT2D eigenvalue weighted by atomic mass is 16.2. The van der Waals surface area contributed by atoms with Crippen LogP contribution in [-0.2, 0) is 16.1 Å². The Kier molecular flexibility index (Phi) is 8.02. The van der Waals surface area contributed by atoms with Gasteiger partial charge >= 0.3 is 6.03 Å². The molecule has 2 atom stereocenters. The molecule has 2 aromatic carbocycles. The van der Waals surface area contributed by atoms with Crippen LogP contribution in [-0.4, -0.2) is 70.5 Å². The molecule has 0 spiro atoms. The smallest absolute Gasteiger partial charge is 0.334 e. The van der Waals surface area contributed by atoms with Crippen LogP contribution in [0.1, 0.15) is 49.8 Å². The van der Waals surface area contributed by atoms with Crippen molar-refractivity contribution in [3.8, 4) is 0 Å². The first-order valence-electron chi connectivity index (χ1n) is 12.5. The first-order chi connectivity index (χ1) is 17.0. The number of fused-ring (bicyclic) bond motifs is 1. The molecule has 0 bridgehead atoms. The van der Waals surface area contributed by atoms with Crippen LogP contribution in [0.15, 0.2) is 60.7 Å². The molecule has 2 aliphatic rings. The van der Waals surface area contributed by atoms with Gasteiger partial charge in [0.2, 0.25) is 11.8 Å². The molecule has 2 aromatic rings. The van der Waals surface area contributed by atoms with Gasteiger partial charge < -0.3 is 15.1 Å². The van der Waals surface area contributed by atoms with Crippen LogP contribution in [0.2, 0.25) is 0 Å². The summed E-state index contributed by atoms with van der Waals surface area (Å²) in [5.41, 5.74) is 1.76. The number of hydrazine groups is 1. The van der Waals surface area contributed by atoms with Crippen molar-refractivity contribution in [3.05, 3.63) is 71.8 Å². The normalized spacial score (nSPS) is 20.7. The molecule has 186 valence electrons. The minimum absolute atomic E-state index is 0.0301. The van der Waals surface area contributed by atoms with Crippen LogP contribution >= 0.6 is 0 Å². The predicted octanol–water partition coefficient (Wildman–Crippen LogP) is 3.38. The van der Waals surface area contributed by atoms with Gasteiger partial charge in [0.25, 0.3) is 0 Å². The van der Waals surface area contributed by atoms with E-state index in [0.29, 0.717) is 19.6 Å². The summed E-state index contributed by atoms with van der Waals surface area (Å²) in [6.07, 6.45) is 3.61. The summed E-state index contributed by atoms with van der Waals surface area (Å²) < 4.78 is 0. The Bertz CT molecular complexity index is 1020. The highest BCUT2D eigenvalue weighted by Crippen LogP contribution is 2.34. The Morgan fingerprint density at radius 3 is 2.34 bits per heavy atom. The maximum atomic E-state index is 13.7. The van der Waals surface area contributed by atoms with Crippen LogP contribution in [0.3, 0.4) is 0 Å². The lowest BCUT2D eigenvalue weighted by Crippen LogP contribution is -2.73. The Balaban J connectivity index is 1.61. The molecular formula is C27H35N5O3. The number of benzene rings is 2. The number of hydrogen-bond donors (Lipinski definition) is 1. The second kappa shape index (κ2) is 11.4. The minimum Gasteiger partial charge on any atom is -0.337 e. The van der Waals surface area contributed by atoms with Crippen LogP contribution in [0.25, 0.3) is 0 Å². The lowest BCUT2D eigenvalue weighted by molar-refractivity contribution is -0.187. The number of hydrogen-bond acceptors (Lipinski definition) is 4. The van der Waals surface area contributed by atoms with Gasteiger partial charge in [0.05, 0.1) is 13.1 Å². The fraction of sp³-hybridized carbons (Fsp3) is 0.444. The van der Waals surface area contributed by atoms with E-state index in [1.165, 1.54) is 0 Å². The minimum atomic E-state index is -0.744. The van der Waals surface area contributed by atoms with Crippen molar-refractivity contribution in [2.45, 2.75) is 51.4 Å². The molecule has 8 nitrogen and oxygen atoms in total. The molecule has 2 aliphatic heterocycles. The largest absolute Gasteiger partial charge is 0.337 e. The number of carbonyl (C=O) groups excluding carboxylic acids is 3. The molecule has 0 saturated carbocycles. The van der Waals surface area contributed by atoms with Gasteiger partial charge in [-0.3, -0.25) is 9.59 Å². The van der Waals surface area contributed by atoms with Gasteiger partial charge in [-0.1, -0.05) is 86.8 Å². The van der Waals surface area contributed by atoms with Crippen molar-refractivity contribution in [2.75, 3.05) is 26.7 Å². The second-order valence-corrected chi connectivity index (χ2v) is 9.24. The summed E-state index contributed by atoms with van der Waals surface area (Å²) in [6.45, 7) is 3.48. The van der Waals surface area contributed by atoms with E-state index >= 15 is 0 Å². The Morgan fingerprint density at radius 2 is 1.66 bits per heavy atom. The Labute approximate surface area is 207 Å². The molecule has 8 heteroatoms. The average molecular weight is 478 g/mol. The number of urea groups is 1. The van der Waals surface area contributed by atoms with E-state index in [1.807, 2.05) is 65.6 Å². The molecule has 2 heterocycles. The van der Waals surface area contributed by atoms with E-state index < -0.39 is 12.2 Å². The number of carbonyl (C=O) groups is 3. The van der Waals surface area contributed by atoms with Crippen LogP contribution < -0.4 is 5.32 Å². The summed E-state index contributed by atoms with van der Waals surface area (Å²) in [4.78, 5) is 43.8. The number of likely N-dealkylation sites (N-methyl/N-ethyl adjacent to an activating group) is 1. The lowest BCUT2D eigenvalue weighted by Gasteiger charge is -2.54. The topological polar surface area (TPSA) is 76.2 Å². The Morgan fingerprint density at radius 1 is 0.971 bits per heavy atom. The zero-order chi connectivity index (χ0) is 24.8. The zero-order valence-electron chi connectivity index (χ0n) is 20.6. The highest BCUT2D eigenvalue weighted by molar-refractivity contribution is 5.92. The highest BCUT2D eigenvalue weighted by Gasteiger charge is 2.51. The first kappa shape index (κ1) is 24.7. The summed E-state index contributed by atoms with van der Waals surface area (Å²) in [5, 5.41) is 6.26. The zero-order valence-corrected chi connectivity index (χ0v) is 20.6. The van der Waals surface area contributed by atoms with Crippen molar-refractivity contribution in [2.24, 2.45) is 0 Å². The van der Waals surface area contributed by atoms with Crippen LogP contribution in [0.4, 0.5) is 4.79 Å². The van der Waals surface area contributed by atoms with Gasteiger partial charge in [0.15, 0.2) is 0 Å². The number of nitrogens with one attached hydrogen (secondary N) is 1. The monoisotopic (exact) mass is 477 g/mol. The van der Waals surface area contributed by atoms with Crippen molar-refractivity contribution < 1.29 is 14.4 Å². The molecule has 0 aromatic heterocycles. The van der Waals surface area contributed by atoms with Gasteiger partial charge in [0.1, 0.15) is 12.2 Å². The predicted molar refractivity (Wildman–Crippen MR) is 134 cm³/mol. The van der Waals surface area contributed by atoms with Crippen molar-refractivity contribution in [3.63, 3.8) is 0 Å². The van der Waals surface area contributed by atoms with E-state index in [-0.39, 0.29) is 24.4 Å². The van der Waals surface area contributed by atoms with E-state index in [0.717, 1.165) is 36.8 Å². The summed E-state index contributed by atoms with van der Waals surface area (Å²) in [5.74, 6) is -0.232. The third-order valence-corrected chi connectivity index (χ3v) is 6.72. The van der Waals surface area contributed by atoms with Gasteiger partial charge in [-0.05, 0) is 17.5 Å². The lowest BCUT2D eigenvalue weighted by atomic mass is 9.98. The van der Waals surface area contributed by atoms with Crippen molar-refractivity contribution in [1.82, 2.24) is 25.1 Å². The standard InChI is InChI=1S/C27H35N5O3/c1-3-4-5-12-17-30-19-23-31(25(26(30)34)22-15-10-7-11-16-22)24(33)20-29(2)32(23)27(35)28-18-21-13-8-6-9-14-21/h6-11,13-16,23,25H,3-5,12,17-20H2,1-2H3,(H,28,35)/t23-,25-/m0/s1. The molecule has 4 rings (SSSR count). The number of nitrogens with zero attached hydrogens (tertiary/aromatic N) is 4. The second-order valence-electron chi connectivity index (χ2n) is 9.24. The molecule has 2 fully saturated rings. The van der Waals surface area contributed by atoms with Gasteiger partial charge in [0, 0.05) is 20.1 Å². The molecule has 2 saturated heterocycles. The van der Waals surface area contributed by atoms with Gasteiger partial charge in [-0.2, -0.15) is 0 Å². The van der Waals surface area contributed by atoms with Crippen molar-refractivity contribution in [1.29, 1.82) is 0 Å². The molecule has 4 amide bonds. The SMILES string of the molecule is CCCCCCN1C[C@H]2N(C(=O)CN(C)N2C(=O)NCc2ccccc2)[C@@H](c2ccccc2)C1=O. The maximum absolute atomic E-state index is 13.7. The number of piperazine rings is 1. The maximum Gasteiger partial charge on any atom is 0.334 e.